The molecule has 0 bridgehead atoms. The maximum atomic E-state index is 13.6. The van der Waals surface area contributed by atoms with Crippen molar-refractivity contribution < 1.29 is 9.13 Å². The van der Waals surface area contributed by atoms with Crippen molar-refractivity contribution in [2.24, 2.45) is 5.73 Å². The van der Waals surface area contributed by atoms with Crippen molar-refractivity contribution in [1.29, 1.82) is 0 Å². The minimum Gasteiger partial charge on any atom is -0.501 e. The van der Waals surface area contributed by atoms with Crippen LogP contribution in [0, 0.1) is 5.82 Å². The molecule has 1 atom stereocenters. The van der Waals surface area contributed by atoms with Gasteiger partial charge in [0.25, 0.3) is 0 Å². The van der Waals surface area contributed by atoms with E-state index in [0.717, 1.165) is 18.4 Å². The zero-order valence-corrected chi connectivity index (χ0v) is 9.51. The van der Waals surface area contributed by atoms with Crippen LogP contribution in [0.3, 0.4) is 0 Å². The van der Waals surface area contributed by atoms with E-state index in [9.17, 15) is 4.39 Å². The predicted molar refractivity (Wildman–Crippen MR) is 61.6 cm³/mol. The van der Waals surface area contributed by atoms with Gasteiger partial charge in [-0.3, -0.25) is 0 Å². The topological polar surface area (TPSA) is 35.2 Å². The molecule has 0 amide bonds. The third-order valence-corrected chi connectivity index (χ3v) is 2.89. The quantitative estimate of drug-likeness (QED) is 0.863. The average Bonchev–Trinajstić information content (AvgIpc) is 2.32. The van der Waals surface area contributed by atoms with E-state index in [1.165, 1.54) is 12.1 Å². The molecule has 1 aliphatic heterocycles. The number of ether oxygens (including phenoxy) is 1. The Kier molecular flexibility index (Phi) is 3.46. The maximum absolute atomic E-state index is 13.6. The van der Waals surface area contributed by atoms with Crippen molar-refractivity contribution in [2.75, 3.05) is 6.61 Å². The predicted octanol–water partition coefficient (Wildman–Crippen LogP) is 3.17. The van der Waals surface area contributed by atoms with Crippen LogP contribution in [-0.4, -0.2) is 6.61 Å². The second-order valence-electron chi connectivity index (χ2n) is 3.81. The fourth-order valence-corrected chi connectivity index (χ4v) is 1.95. The molecule has 0 fully saturated rings. The van der Waals surface area contributed by atoms with Crippen molar-refractivity contribution in [2.45, 2.75) is 18.9 Å². The fourth-order valence-electron chi connectivity index (χ4n) is 1.77. The molecule has 1 aromatic rings. The Labute approximate surface area is 98.8 Å². The van der Waals surface area contributed by atoms with E-state index < -0.39 is 6.04 Å². The maximum Gasteiger partial charge on any atom is 0.128 e. The Morgan fingerprint density at radius 3 is 2.94 bits per heavy atom. The lowest BCUT2D eigenvalue weighted by Gasteiger charge is -2.20. The Balaban J connectivity index is 2.29. The van der Waals surface area contributed by atoms with E-state index in [2.05, 4.69) is 0 Å². The normalized spacial score (nSPS) is 17.6. The molecule has 0 aromatic heterocycles. The van der Waals surface area contributed by atoms with Gasteiger partial charge in [-0.2, -0.15) is 0 Å². The first-order valence-corrected chi connectivity index (χ1v) is 5.57. The largest absolute Gasteiger partial charge is 0.501 e. The Hall–Kier alpha value is -1.06. The van der Waals surface area contributed by atoms with Gasteiger partial charge >= 0.3 is 0 Å². The number of benzene rings is 1. The lowest BCUT2D eigenvalue weighted by atomic mass is 9.96. The Morgan fingerprint density at radius 1 is 1.44 bits per heavy atom. The minimum atomic E-state index is -0.473. The van der Waals surface area contributed by atoms with E-state index in [1.807, 2.05) is 0 Å². The molecule has 1 unspecified atom stereocenters. The summed E-state index contributed by atoms with van der Waals surface area (Å²) in [4.78, 5) is 0. The van der Waals surface area contributed by atoms with Gasteiger partial charge in [-0.25, -0.2) is 4.39 Å². The number of rotatable bonds is 2. The summed E-state index contributed by atoms with van der Waals surface area (Å²) < 4.78 is 18.8. The first-order chi connectivity index (χ1) is 7.68. The van der Waals surface area contributed by atoms with Gasteiger partial charge in [0.15, 0.2) is 0 Å². The molecule has 16 heavy (non-hydrogen) atoms. The van der Waals surface area contributed by atoms with E-state index in [1.54, 1.807) is 12.3 Å². The molecule has 0 spiro atoms. The molecule has 1 heterocycles. The second-order valence-corrected chi connectivity index (χ2v) is 4.25. The van der Waals surface area contributed by atoms with Crippen molar-refractivity contribution >= 4 is 11.6 Å². The number of halogens is 2. The van der Waals surface area contributed by atoms with Crippen LogP contribution < -0.4 is 5.73 Å². The van der Waals surface area contributed by atoms with Crippen LogP contribution >= 0.6 is 11.6 Å². The van der Waals surface area contributed by atoms with Gasteiger partial charge in [-0.15, -0.1) is 0 Å². The molecule has 0 aliphatic carbocycles. The Morgan fingerprint density at radius 2 is 2.25 bits per heavy atom. The van der Waals surface area contributed by atoms with Crippen LogP contribution in [0.1, 0.15) is 24.4 Å². The zero-order valence-electron chi connectivity index (χ0n) is 8.75. The molecule has 2 N–H and O–H groups in total. The lowest BCUT2D eigenvalue weighted by molar-refractivity contribution is 0.221. The standard InChI is InChI=1S/C12H13ClFNO/c13-9-3-4-11(14)10(6-9)12(15)8-2-1-5-16-7-8/h3-4,6-7,12H,1-2,5,15H2. The summed E-state index contributed by atoms with van der Waals surface area (Å²) in [5.74, 6) is -0.330. The van der Waals surface area contributed by atoms with Gasteiger partial charge in [0.2, 0.25) is 0 Å². The van der Waals surface area contributed by atoms with E-state index in [0.29, 0.717) is 17.2 Å². The summed E-state index contributed by atoms with van der Waals surface area (Å²) in [6.45, 7) is 0.703. The number of hydrogen-bond acceptors (Lipinski definition) is 2. The van der Waals surface area contributed by atoms with Crippen LogP contribution in [0.15, 0.2) is 30.0 Å². The van der Waals surface area contributed by atoms with Gasteiger partial charge < -0.3 is 10.5 Å². The summed E-state index contributed by atoms with van der Waals surface area (Å²) in [6.07, 6.45) is 3.39. The highest BCUT2D eigenvalue weighted by atomic mass is 35.5. The molecule has 2 rings (SSSR count). The first-order valence-electron chi connectivity index (χ1n) is 5.19. The van der Waals surface area contributed by atoms with Gasteiger partial charge in [0.1, 0.15) is 5.82 Å². The minimum absolute atomic E-state index is 0.330. The van der Waals surface area contributed by atoms with Crippen molar-refractivity contribution in [3.63, 3.8) is 0 Å². The molecular formula is C12H13ClFNO. The van der Waals surface area contributed by atoms with Crippen molar-refractivity contribution in [3.05, 3.63) is 46.4 Å². The summed E-state index contributed by atoms with van der Waals surface area (Å²) in [7, 11) is 0. The summed E-state index contributed by atoms with van der Waals surface area (Å²) in [5, 5.41) is 0.490. The van der Waals surface area contributed by atoms with Crippen molar-refractivity contribution in [3.8, 4) is 0 Å². The highest BCUT2D eigenvalue weighted by Gasteiger charge is 2.18. The van der Waals surface area contributed by atoms with Crippen LogP contribution in [0.4, 0.5) is 4.39 Å². The number of hydrogen-bond donors (Lipinski definition) is 1. The van der Waals surface area contributed by atoms with Gasteiger partial charge in [0, 0.05) is 10.6 Å². The monoisotopic (exact) mass is 241 g/mol. The molecule has 86 valence electrons. The highest BCUT2D eigenvalue weighted by molar-refractivity contribution is 6.30. The number of nitrogens with two attached hydrogens (primary N) is 1. The van der Waals surface area contributed by atoms with Crippen molar-refractivity contribution in [1.82, 2.24) is 0 Å². The molecule has 0 saturated carbocycles. The van der Waals surface area contributed by atoms with Gasteiger partial charge in [-0.1, -0.05) is 11.6 Å². The Bertz CT molecular complexity index is 419. The molecule has 1 aliphatic rings. The van der Waals surface area contributed by atoms with E-state index in [4.69, 9.17) is 22.1 Å². The van der Waals surface area contributed by atoms with Crippen LogP contribution in [0.5, 0.6) is 0 Å². The van der Waals surface area contributed by atoms with E-state index in [-0.39, 0.29) is 5.82 Å². The smallest absolute Gasteiger partial charge is 0.128 e. The molecule has 1 aromatic carbocycles. The average molecular weight is 242 g/mol. The van der Waals surface area contributed by atoms with Gasteiger partial charge in [-0.05, 0) is 36.6 Å². The molecule has 0 saturated heterocycles. The fraction of sp³-hybridized carbons (Fsp3) is 0.333. The summed E-state index contributed by atoms with van der Waals surface area (Å²) in [6, 6.07) is 3.94. The molecule has 2 nitrogen and oxygen atoms in total. The zero-order chi connectivity index (χ0) is 11.5. The van der Waals surface area contributed by atoms with Crippen LogP contribution in [0.25, 0.3) is 0 Å². The highest BCUT2D eigenvalue weighted by Crippen LogP contribution is 2.28. The lowest BCUT2D eigenvalue weighted by Crippen LogP contribution is -2.17. The van der Waals surface area contributed by atoms with Crippen LogP contribution in [-0.2, 0) is 4.74 Å². The van der Waals surface area contributed by atoms with E-state index >= 15 is 0 Å². The molecule has 0 radical (unpaired) electrons. The third kappa shape index (κ3) is 2.36. The third-order valence-electron chi connectivity index (χ3n) is 2.65. The summed E-state index contributed by atoms with van der Waals surface area (Å²) in [5.41, 5.74) is 7.32. The molecular weight excluding hydrogens is 229 g/mol. The second kappa shape index (κ2) is 4.85. The summed E-state index contributed by atoms with van der Waals surface area (Å²) >= 11 is 5.83. The molecule has 4 heteroatoms. The van der Waals surface area contributed by atoms with Gasteiger partial charge in [0.05, 0.1) is 18.9 Å². The SMILES string of the molecule is NC(C1=COCCC1)c1cc(Cl)ccc1F. The van der Waals surface area contributed by atoms with Crippen LogP contribution in [0.2, 0.25) is 5.02 Å². The first kappa shape index (κ1) is 11.4.